The average Bonchev–Trinajstić information content (AvgIpc) is 3.01. The number of carbonyl (C=O) groups is 1. The minimum absolute atomic E-state index is 0.124. The van der Waals surface area contributed by atoms with Crippen LogP contribution in [-0.4, -0.2) is 24.0 Å². The molecule has 6 heteroatoms. The number of halogens is 1. The summed E-state index contributed by atoms with van der Waals surface area (Å²) in [6, 6.07) is 16.7. The third-order valence-electron chi connectivity index (χ3n) is 3.75. The van der Waals surface area contributed by atoms with Crippen LogP contribution in [0.25, 0.3) is 11.5 Å². The number of ether oxygens (including phenoxy) is 1. The molecule has 0 fully saturated rings. The second-order valence-electron chi connectivity index (χ2n) is 5.72. The standard InChI is InChI=1S/C20H19ClN2O3/c1-14-18(23-20(26-14)15-5-3-2-4-6-15)13-19(24)22-11-12-25-17-9-7-16(21)8-10-17/h2-10H,11-13H2,1H3,(H,22,24). The highest BCUT2D eigenvalue weighted by atomic mass is 35.5. The van der Waals surface area contributed by atoms with Crippen LogP contribution < -0.4 is 10.1 Å². The zero-order valence-electron chi connectivity index (χ0n) is 14.4. The van der Waals surface area contributed by atoms with E-state index in [1.807, 2.05) is 37.3 Å². The van der Waals surface area contributed by atoms with Crippen molar-refractivity contribution in [3.63, 3.8) is 0 Å². The number of nitrogens with one attached hydrogen (secondary N) is 1. The van der Waals surface area contributed by atoms with Crippen LogP contribution in [0.3, 0.4) is 0 Å². The van der Waals surface area contributed by atoms with E-state index in [-0.39, 0.29) is 12.3 Å². The molecule has 0 saturated heterocycles. The maximum Gasteiger partial charge on any atom is 0.226 e. The number of aromatic nitrogens is 1. The Hall–Kier alpha value is -2.79. The van der Waals surface area contributed by atoms with Crippen molar-refractivity contribution in [2.75, 3.05) is 13.2 Å². The van der Waals surface area contributed by atoms with E-state index in [4.69, 9.17) is 20.8 Å². The van der Waals surface area contributed by atoms with Crippen molar-refractivity contribution in [2.24, 2.45) is 0 Å². The molecule has 3 aromatic rings. The Kier molecular flexibility index (Phi) is 5.92. The number of hydrogen-bond donors (Lipinski definition) is 1. The number of amides is 1. The molecule has 0 aliphatic carbocycles. The molecule has 0 radical (unpaired) electrons. The molecule has 1 N–H and O–H groups in total. The summed E-state index contributed by atoms with van der Waals surface area (Å²) in [6.07, 6.45) is 0.170. The summed E-state index contributed by atoms with van der Waals surface area (Å²) in [4.78, 5) is 16.5. The van der Waals surface area contributed by atoms with Crippen molar-refractivity contribution in [2.45, 2.75) is 13.3 Å². The first-order chi connectivity index (χ1) is 12.6. The lowest BCUT2D eigenvalue weighted by Crippen LogP contribution is -2.29. The largest absolute Gasteiger partial charge is 0.492 e. The highest BCUT2D eigenvalue weighted by Gasteiger charge is 2.14. The molecule has 1 heterocycles. The number of nitrogens with zero attached hydrogens (tertiary/aromatic N) is 1. The van der Waals surface area contributed by atoms with E-state index >= 15 is 0 Å². The first kappa shape index (κ1) is 18.0. The van der Waals surface area contributed by atoms with Crippen LogP contribution >= 0.6 is 11.6 Å². The molecule has 0 spiro atoms. The Morgan fingerprint density at radius 3 is 2.62 bits per heavy atom. The predicted molar refractivity (Wildman–Crippen MR) is 100 cm³/mol. The fraction of sp³-hybridized carbons (Fsp3) is 0.200. The van der Waals surface area contributed by atoms with Crippen molar-refractivity contribution >= 4 is 17.5 Å². The average molecular weight is 371 g/mol. The molecule has 2 aromatic carbocycles. The minimum atomic E-state index is -0.124. The maximum atomic E-state index is 12.1. The van der Waals surface area contributed by atoms with Gasteiger partial charge in [-0.2, -0.15) is 0 Å². The first-order valence-corrected chi connectivity index (χ1v) is 8.66. The molecule has 5 nitrogen and oxygen atoms in total. The fourth-order valence-electron chi connectivity index (χ4n) is 2.40. The van der Waals surface area contributed by atoms with Gasteiger partial charge in [-0.15, -0.1) is 0 Å². The number of aryl methyl sites for hydroxylation is 1. The SMILES string of the molecule is Cc1oc(-c2ccccc2)nc1CC(=O)NCCOc1ccc(Cl)cc1. The summed E-state index contributed by atoms with van der Waals surface area (Å²) in [6.45, 7) is 2.59. The van der Waals surface area contributed by atoms with Gasteiger partial charge in [0, 0.05) is 10.6 Å². The van der Waals surface area contributed by atoms with Crippen molar-refractivity contribution in [1.29, 1.82) is 0 Å². The maximum absolute atomic E-state index is 12.1. The number of hydrogen-bond acceptors (Lipinski definition) is 4. The molecule has 26 heavy (non-hydrogen) atoms. The van der Waals surface area contributed by atoms with Crippen LogP contribution in [0.2, 0.25) is 5.02 Å². The first-order valence-electron chi connectivity index (χ1n) is 8.28. The second kappa shape index (κ2) is 8.54. The van der Waals surface area contributed by atoms with Gasteiger partial charge in [-0.25, -0.2) is 4.98 Å². The normalized spacial score (nSPS) is 10.5. The van der Waals surface area contributed by atoms with Gasteiger partial charge in [-0.3, -0.25) is 4.79 Å². The van der Waals surface area contributed by atoms with Crippen LogP contribution in [0.5, 0.6) is 5.75 Å². The van der Waals surface area contributed by atoms with Gasteiger partial charge in [0.15, 0.2) is 0 Å². The van der Waals surface area contributed by atoms with Crippen LogP contribution in [0.4, 0.5) is 0 Å². The van der Waals surface area contributed by atoms with E-state index in [9.17, 15) is 4.79 Å². The van der Waals surface area contributed by atoms with Crippen LogP contribution in [0.1, 0.15) is 11.5 Å². The van der Waals surface area contributed by atoms with Crippen LogP contribution in [0, 0.1) is 6.92 Å². The molecule has 0 bridgehead atoms. The van der Waals surface area contributed by atoms with Gasteiger partial charge in [-0.05, 0) is 43.3 Å². The molecule has 0 saturated carbocycles. The Morgan fingerprint density at radius 2 is 1.88 bits per heavy atom. The molecular weight excluding hydrogens is 352 g/mol. The lowest BCUT2D eigenvalue weighted by molar-refractivity contribution is -0.120. The third-order valence-corrected chi connectivity index (χ3v) is 4.00. The van der Waals surface area contributed by atoms with Crippen molar-refractivity contribution in [3.05, 3.63) is 71.1 Å². The monoisotopic (exact) mass is 370 g/mol. The van der Waals surface area contributed by atoms with E-state index in [2.05, 4.69) is 10.3 Å². The molecule has 134 valence electrons. The van der Waals surface area contributed by atoms with Gasteiger partial charge in [0.25, 0.3) is 0 Å². The van der Waals surface area contributed by atoms with Crippen molar-refractivity contribution in [3.8, 4) is 17.2 Å². The molecule has 0 aliphatic heterocycles. The molecular formula is C20H19ClN2O3. The van der Waals surface area contributed by atoms with E-state index in [1.165, 1.54) is 0 Å². The van der Waals surface area contributed by atoms with E-state index < -0.39 is 0 Å². The molecule has 3 rings (SSSR count). The highest BCUT2D eigenvalue weighted by molar-refractivity contribution is 6.30. The Bertz CT molecular complexity index is 861. The summed E-state index contributed by atoms with van der Waals surface area (Å²) < 4.78 is 11.2. The van der Waals surface area contributed by atoms with Gasteiger partial charge in [-0.1, -0.05) is 29.8 Å². The van der Waals surface area contributed by atoms with Crippen molar-refractivity contribution < 1.29 is 13.9 Å². The van der Waals surface area contributed by atoms with Gasteiger partial charge in [0.05, 0.1) is 18.7 Å². The number of rotatable bonds is 7. The van der Waals surface area contributed by atoms with Crippen LogP contribution in [0.15, 0.2) is 59.0 Å². The molecule has 1 amide bonds. The summed E-state index contributed by atoms with van der Waals surface area (Å²) in [7, 11) is 0. The molecule has 1 aromatic heterocycles. The quantitative estimate of drug-likeness (QED) is 0.637. The third kappa shape index (κ3) is 4.86. The van der Waals surface area contributed by atoms with E-state index in [1.54, 1.807) is 24.3 Å². The highest BCUT2D eigenvalue weighted by Crippen LogP contribution is 2.21. The zero-order valence-corrected chi connectivity index (χ0v) is 15.1. The van der Waals surface area contributed by atoms with Crippen molar-refractivity contribution in [1.82, 2.24) is 10.3 Å². The predicted octanol–water partition coefficient (Wildman–Crippen LogP) is 4.04. The lowest BCUT2D eigenvalue weighted by atomic mass is 10.2. The van der Waals surface area contributed by atoms with Gasteiger partial charge < -0.3 is 14.5 Å². The summed E-state index contributed by atoms with van der Waals surface area (Å²) in [5.41, 5.74) is 1.53. The van der Waals surface area contributed by atoms with Crippen LogP contribution in [-0.2, 0) is 11.2 Å². The smallest absolute Gasteiger partial charge is 0.226 e. The zero-order chi connectivity index (χ0) is 18.4. The van der Waals surface area contributed by atoms with Gasteiger partial charge in [0.1, 0.15) is 18.1 Å². The number of oxazole rings is 1. The Labute approximate surface area is 157 Å². The number of carbonyl (C=O) groups excluding carboxylic acids is 1. The van der Waals surface area contributed by atoms with Gasteiger partial charge >= 0.3 is 0 Å². The second-order valence-corrected chi connectivity index (χ2v) is 6.15. The Balaban J connectivity index is 1.47. The molecule has 0 aliphatic rings. The van der Waals surface area contributed by atoms with Gasteiger partial charge in [0.2, 0.25) is 11.8 Å². The van der Waals surface area contributed by atoms with E-state index in [0.717, 1.165) is 5.56 Å². The minimum Gasteiger partial charge on any atom is -0.492 e. The summed E-state index contributed by atoms with van der Waals surface area (Å²) in [5, 5.41) is 3.47. The van der Waals surface area contributed by atoms with E-state index in [0.29, 0.717) is 41.3 Å². The summed E-state index contributed by atoms with van der Waals surface area (Å²) >= 11 is 5.82. The fourth-order valence-corrected chi connectivity index (χ4v) is 2.53. The topological polar surface area (TPSA) is 64.4 Å². The molecule has 0 unspecified atom stereocenters. The Morgan fingerprint density at radius 1 is 1.15 bits per heavy atom. The number of benzene rings is 2. The summed E-state index contributed by atoms with van der Waals surface area (Å²) in [5.74, 6) is 1.76. The lowest BCUT2D eigenvalue weighted by Gasteiger charge is -2.07. The molecule has 0 atom stereocenters.